The molecule has 3 fully saturated rings. The molecule has 0 N–H and O–H groups in total. The molecule has 3 aliphatic rings. The molecule has 0 saturated heterocycles. The van der Waals surface area contributed by atoms with E-state index >= 15 is 0 Å². The number of allylic oxidation sites excluding steroid dienone is 4. The highest BCUT2D eigenvalue weighted by molar-refractivity contribution is 5.33. The lowest BCUT2D eigenvalue weighted by Gasteiger charge is -2.29. The number of ether oxygens (including phenoxy) is 1. The van der Waals surface area contributed by atoms with Crippen molar-refractivity contribution < 1.29 is 26.7 Å². The van der Waals surface area contributed by atoms with Crippen LogP contribution in [0.2, 0.25) is 0 Å². The molecule has 0 spiro atoms. The summed E-state index contributed by atoms with van der Waals surface area (Å²) in [6.07, 6.45) is 18.4. The van der Waals surface area contributed by atoms with Crippen molar-refractivity contribution in [1.29, 1.82) is 0 Å². The quantitative estimate of drug-likeness (QED) is 0.273. The van der Waals surface area contributed by atoms with Gasteiger partial charge in [-0.2, -0.15) is 0 Å². The summed E-state index contributed by atoms with van der Waals surface area (Å²) in [5.41, 5.74) is 0.413. The SMILES string of the molecule is CC1CCC(/C=C/C2CCC(/C=C/C3CCC(c4cc(F)c(OC(F)(F)F)c(F)c4)CC3)CC2)CC1. The van der Waals surface area contributed by atoms with Crippen LogP contribution < -0.4 is 4.74 Å². The topological polar surface area (TPSA) is 9.23 Å². The van der Waals surface area contributed by atoms with Gasteiger partial charge in [-0.15, -0.1) is 13.2 Å². The molecule has 3 aliphatic carbocycles. The van der Waals surface area contributed by atoms with Crippen LogP contribution in [-0.2, 0) is 0 Å². The predicted molar refractivity (Wildman–Crippen MR) is 133 cm³/mol. The average Bonchev–Trinajstić information content (AvgIpc) is 2.85. The number of halogens is 5. The summed E-state index contributed by atoms with van der Waals surface area (Å²) >= 11 is 0. The van der Waals surface area contributed by atoms with Gasteiger partial charge in [0.15, 0.2) is 11.6 Å². The molecule has 1 nitrogen and oxygen atoms in total. The molecule has 0 heterocycles. The standard InChI is InChI=1S/C30H39F5O/c1-20-2-4-21(5-3-20)6-7-22-8-10-23(11-9-22)12-13-24-14-16-25(17-15-24)26-18-27(31)29(28(32)19-26)36-30(33,34)35/h6-7,12-13,18-25H,2-5,8-11,14-17H2,1H3/b7-6+,13-12+. The van der Waals surface area contributed by atoms with Crippen molar-refractivity contribution in [3.63, 3.8) is 0 Å². The Hall–Kier alpha value is -1.85. The second-order valence-corrected chi connectivity index (χ2v) is 11.4. The van der Waals surface area contributed by atoms with Gasteiger partial charge < -0.3 is 4.74 Å². The Kier molecular flexibility index (Phi) is 9.16. The molecule has 36 heavy (non-hydrogen) atoms. The monoisotopic (exact) mass is 510 g/mol. The average molecular weight is 511 g/mol. The van der Waals surface area contributed by atoms with E-state index in [1.54, 1.807) is 0 Å². The van der Waals surface area contributed by atoms with Crippen LogP contribution in [0.3, 0.4) is 0 Å². The number of benzene rings is 1. The molecule has 200 valence electrons. The zero-order valence-electron chi connectivity index (χ0n) is 21.2. The van der Waals surface area contributed by atoms with Crippen LogP contribution >= 0.6 is 0 Å². The maximum absolute atomic E-state index is 14.1. The van der Waals surface area contributed by atoms with E-state index in [9.17, 15) is 22.0 Å². The Balaban J connectivity index is 1.20. The van der Waals surface area contributed by atoms with Crippen LogP contribution in [0, 0.1) is 41.2 Å². The molecule has 1 aromatic rings. The minimum atomic E-state index is -5.13. The summed E-state index contributed by atoms with van der Waals surface area (Å²) in [5.74, 6) is -0.545. The Morgan fingerprint density at radius 3 is 1.39 bits per heavy atom. The first-order chi connectivity index (χ1) is 17.2. The number of alkyl halides is 3. The number of hydrogen-bond donors (Lipinski definition) is 0. The van der Waals surface area contributed by atoms with E-state index in [-0.39, 0.29) is 5.92 Å². The first-order valence-corrected chi connectivity index (χ1v) is 13.8. The fourth-order valence-electron chi connectivity index (χ4n) is 6.31. The summed E-state index contributed by atoms with van der Waals surface area (Å²) < 4.78 is 68.8. The van der Waals surface area contributed by atoms with Crippen LogP contribution in [-0.4, -0.2) is 6.36 Å². The minimum absolute atomic E-state index is 0.0480. The van der Waals surface area contributed by atoms with E-state index in [0.29, 0.717) is 17.4 Å². The highest BCUT2D eigenvalue weighted by atomic mass is 19.4. The van der Waals surface area contributed by atoms with Gasteiger partial charge in [0.1, 0.15) is 0 Å². The van der Waals surface area contributed by atoms with Crippen molar-refractivity contribution in [2.45, 2.75) is 96.3 Å². The van der Waals surface area contributed by atoms with Gasteiger partial charge in [-0.1, -0.05) is 44.1 Å². The summed E-state index contributed by atoms with van der Waals surface area (Å²) in [6.45, 7) is 2.36. The van der Waals surface area contributed by atoms with Gasteiger partial charge in [-0.3, -0.25) is 0 Å². The van der Waals surface area contributed by atoms with Crippen molar-refractivity contribution in [3.05, 3.63) is 53.6 Å². The van der Waals surface area contributed by atoms with E-state index in [0.717, 1.165) is 55.6 Å². The largest absolute Gasteiger partial charge is 0.573 e. The van der Waals surface area contributed by atoms with Crippen LogP contribution in [0.5, 0.6) is 5.75 Å². The maximum Gasteiger partial charge on any atom is 0.573 e. The lowest BCUT2D eigenvalue weighted by Crippen LogP contribution is -2.19. The van der Waals surface area contributed by atoms with E-state index in [1.165, 1.54) is 51.4 Å². The molecule has 6 heteroatoms. The van der Waals surface area contributed by atoms with Crippen LogP contribution in [0.1, 0.15) is 95.5 Å². The molecular weight excluding hydrogens is 471 g/mol. The smallest absolute Gasteiger partial charge is 0.399 e. The third-order valence-electron chi connectivity index (χ3n) is 8.67. The van der Waals surface area contributed by atoms with Gasteiger partial charge in [-0.25, -0.2) is 8.78 Å². The maximum atomic E-state index is 14.1. The Morgan fingerprint density at radius 2 is 1.00 bits per heavy atom. The molecule has 1 aromatic carbocycles. The molecule has 0 atom stereocenters. The number of rotatable bonds is 6. The lowest BCUT2D eigenvalue weighted by atomic mass is 9.77. The first kappa shape index (κ1) is 27.2. The van der Waals surface area contributed by atoms with Crippen molar-refractivity contribution in [2.24, 2.45) is 29.6 Å². The Morgan fingerprint density at radius 1 is 0.639 bits per heavy atom. The second kappa shape index (κ2) is 12.1. The molecule has 0 radical (unpaired) electrons. The lowest BCUT2D eigenvalue weighted by molar-refractivity contribution is -0.276. The third-order valence-corrected chi connectivity index (χ3v) is 8.67. The molecule has 3 saturated carbocycles. The minimum Gasteiger partial charge on any atom is -0.399 e. The predicted octanol–water partition coefficient (Wildman–Crippen LogP) is 9.88. The molecule has 0 aliphatic heterocycles. The highest BCUT2D eigenvalue weighted by Crippen LogP contribution is 2.40. The van der Waals surface area contributed by atoms with Crippen LogP contribution in [0.4, 0.5) is 22.0 Å². The molecular formula is C30H39F5O. The molecule has 0 amide bonds. The Labute approximate surface area is 212 Å². The zero-order valence-corrected chi connectivity index (χ0v) is 21.2. The van der Waals surface area contributed by atoms with Gasteiger partial charge in [0, 0.05) is 0 Å². The zero-order chi connectivity index (χ0) is 25.7. The molecule has 0 bridgehead atoms. The number of hydrogen-bond acceptors (Lipinski definition) is 1. The van der Waals surface area contributed by atoms with E-state index in [1.807, 2.05) is 0 Å². The van der Waals surface area contributed by atoms with Gasteiger partial charge in [0.25, 0.3) is 0 Å². The van der Waals surface area contributed by atoms with Crippen LogP contribution in [0.15, 0.2) is 36.4 Å². The first-order valence-electron chi connectivity index (χ1n) is 13.8. The summed E-state index contributed by atoms with van der Waals surface area (Å²) in [4.78, 5) is 0. The van der Waals surface area contributed by atoms with E-state index < -0.39 is 23.7 Å². The molecule has 4 rings (SSSR count). The Bertz CT molecular complexity index is 873. The molecule has 0 aromatic heterocycles. The van der Waals surface area contributed by atoms with Gasteiger partial charge >= 0.3 is 6.36 Å². The highest BCUT2D eigenvalue weighted by Gasteiger charge is 2.34. The fraction of sp³-hybridized carbons (Fsp3) is 0.667. The summed E-state index contributed by atoms with van der Waals surface area (Å²) in [6, 6.07) is 1.99. The van der Waals surface area contributed by atoms with Crippen molar-refractivity contribution in [2.75, 3.05) is 0 Å². The van der Waals surface area contributed by atoms with E-state index in [2.05, 4.69) is 36.0 Å². The normalized spacial score (nSPS) is 32.3. The van der Waals surface area contributed by atoms with Crippen molar-refractivity contribution in [1.82, 2.24) is 0 Å². The third kappa shape index (κ3) is 7.82. The van der Waals surface area contributed by atoms with Gasteiger partial charge in [0.05, 0.1) is 0 Å². The molecule has 0 unspecified atom stereocenters. The van der Waals surface area contributed by atoms with Gasteiger partial charge in [0.2, 0.25) is 5.75 Å². The van der Waals surface area contributed by atoms with Crippen molar-refractivity contribution in [3.8, 4) is 5.75 Å². The van der Waals surface area contributed by atoms with Crippen molar-refractivity contribution >= 4 is 0 Å². The fourth-order valence-corrected chi connectivity index (χ4v) is 6.31. The van der Waals surface area contributed by atoms with Gasteiger partial charge in [-0.05, 0) is 117 Å². The second-order valence-electron chi connectivity index (χ2n) is 11.4. The van der Waals surface area contributed by atoms with E-state index in [4.69, 9.17) is 0 Å². The summed E-state index contributed by atoms with van der Waals surface area (Å²) in [7, 11) is 0. The van der Waals surface area contributed by atoms with Crippen LogP contribution in [0.25, 0.3) is 0 Å². The summed E-state index contributed by atoms with van der Waals surface area (Å²) in [5, 5.41) is 0.